The molecule has 0 amide bonds. The lowest BCUT2D eigenvalue weighted by Gasteiger charge is -2.15. The summed E-state index contributed by atoms with van der Waals surface area (Å²) in [6.07, 6.45) is 4.99. The minimum absolute atomic E-state index is 0.0223. The summed E-state index contributed by atoms with van der Waals surface area (Å²) in [6.45, 7) is 18.2. The van der Waals surface area contributed by atoms with E-state index in [0.29, 0.717) is 35.3 Å². The molecule has 0 bridgehead atoms. The van der Waals surface area contributed by atoms with Gasteiger partial charge in [0.05, 0.1) is 70.1 Å². The first-order valence-corrected chi connectivity index (χ1v) is 43.2. The summed E-state index contributed by atoms with van der Waals surface area (Å²) in [5.41, 5.74) is 32.2. The molecule has 15 nitrogen and oxygen atoms in total. The fraction of sp³-hybridized carbons (Fsp3) is 0.198. The topological polar surface area (TPSA) is 195 Å². The fourth-order valence-electron chi connectivity index (χ4n) is 15.8. The van der Waals surface area contributed by atoms with E-state index in [1.54, 1.807) is 88.3 Å². The lowest BCUT2D eigenvalue weighted by atomic mass is 9.92. The van der Waals surface area contributed by atoms with E-state index in [1.165, 1.54) is 72.4 Å². The smallest absolute Gasteiger partial charge is 0.193 e. The van der Waals surface area contributed by atoms with E-state index >= 15 is 0 Å². The van der Waals surface area contributed by atoms with Crippen LogP contribution < -0.4 is 42.6 Å². The number of aliphatic hydroxyl groups excluding tert-OH is 1. The second kappa shape index (κ2) is 46.2. The van der Waals surface area contributed by atoms with E-state index in [0.717, 1.165) is 149 Å². The van der Waals surface area contributed by atoms with Crippen LogP contribution in [0.4, 0.5) is 0 Å². The minimum atomic E-state index is -0.519. The SMILES string of the molecule is COc1ccc(/C(=C\c2ccc(C)cc2)C(=O)c2ccc(OC)cc2C)cc1.COc1ccc(C2=C(c3ccc(C)cc3)c3cc(OC)cc(C)c3C2)cc1.COc1ccc(C=O)c(C)c1.COc1ccc(CC(=O)c2ccc(OC)cc2C)cc1.COc1ccc(CC(O)c2ccc(OC)cc2C)cc1.Cc1ccc(C2=C(c3ccc(O)cc3)Cc3c(C)cc(O)cc32)cc1. The van der Waals surface area contributed by atoms with Crippen LogP contribution >= 0.6 is 0 Å². The zero-order valence-electron chi connectivity index (χ0n) is 78.0. The van der Waals surface area contributed by atoms with Crippen molar-refractivity contribution in [2.75, 3.05) is 64.0 Å². The number of benzene rings is 14. The van der Waals surface area contributed by atoms with Gasteiger partial charge in [-0.1, -0.05) is 156 Å². The second-order valence-corrected chi connectivity index (χ2v) is 32.3. The highest BCUT2D eigenvalue weighted by atomic mass is 16.5. The van der Waals surface area contributed by atoms with E-state index in [-0.39, 0.29) is 17.3 Å². The van der Waals surface area contributed by atoms with Crippen molar-refractivity contribution in [1.29, 1.82) is 0 Å². The molecule has 0 saturated heterocycles. The number of hydrogen-bond acceptors (Lipinski definition) is 15. The molecule has 16 rings (SSSR count). The number of carbonyl (C=O) groups excluding carboxylic acids is 3. The lowest BCUT2D eigenvalue weighted by Crippen LogP contribution is -2.05. The van der Waals surface area contributed by atoms with Crippen LogP contribution in [0.15, 0.2) is 291 Å². The first kappa shape index (κ1) is 96.7. The number of carbonyl (C=O) groups is 3. The van der Waals surface area contributed by atoms with Crippen LogP contribution in [0.2, 0.25) is 0 Å². The molecule has 1 unspecified atom stereocenters. The molecule has 0 radical (unpaired) electrons. The molecule has 0 aromatic heterocycles. The average Bonchev–Trinajstić information content (AvgIpc) is 1.61. The number of rotatable bonds is 24. The monoisotopic (exact) mass is 1750 g/mol. The van der Waals surface area contributed by atoms with Crippen LogP contribution in [0.3, 0.4) is 0 Å². The molecule has 14 aromatic carbocycles. The van der Waals surface area contributed by atoms with Gasteiger partial charge < -0.3 is 58.0 Å². The maximum atomic E-state index is 13.5. The van der Waals surface area contributed by atoms with E-state index in [4.69, 9.17) is 42.6 Å². The van der Waals surface area contributed by atoms with Crippen molar-refractivity contribution in [3.8, 4) is 63.2 Å². The molecule has 2 aliphatic rings. The summed E-state index contributed by atoms with van der Waals surface area (Å²) in [5, 5.41) is 30.1. The molecular weight excluding hydrogens is 1630 g/mol. The van der Waals surface area contributed by atoms with Crippen molar-refractivity contribution in [2.45, 2.75) is 94.1 Å². The fourth-order valence-corrected chi connectivity index (χ4v) is 15.8. The number of allylic oxidation sites excluding steroid dienone is 3. The number of ketones is 2. The van der Waals surface area contributed by atoms with Gasteiger partial charge in [0.25, 0.3) is 0 Å². The van der Waals surface area contributed by atoms with E-state index in [1.807, 2.05) is 242 Å². The first-order chi connectivity index (χ1) is 63.2. The Morgan fingerprint density at radius 2 is 0.702 bits per heavy atom. The van der Waals surface area contributed by atoms with Crippen molar-refractivity contribution in [1.82, 2.24) is 0 Å². The Labute approximate surface area is 771 Å². The Morgan fingerprint density at radius 3 is 1.15 bits per heavy atom. The number of phenols is 2. The summed E-state index contributed by atoms with van der Waals surface area (Å²) < 4.78 is 46.9. The highest BCUT2D eigenvalue weighted by molar-refractivity contribution is 6.33. The third-order valence-electron chi connectivity index (χ3n) is 23.3. The number of fused-ring (bicyclic) bond motifs is 2. The third-order valence-corrected chi connectivity index (χ3v) is 23.3. The summed E-state index contributed by atoms with van der Waals surface area (Å²) in [5.74, 6) is 7.91. The van der Waals surface area contributed by atoms with Crippen LogP contribution in [0.1, 0.15) is 160 Å². The van der Waals surface area contributed by atoms with Gasteiger partial charge in [-0.05, 0) is 361 Å². The van der Waals surface area contributed by atoms with Gasteiger partial charge in [-0.3, -0.25) is 14.4 Å². The number of aliphatic hydroxyl groups is 1. The largest absolute Gasteiger partial charge is 0.508 e. The second-order valence-electron chi connectivity index (χ2n) is 32.3. The molecule has 15 heteroatoms. The molecule has 14 aromatic rings. The van der Waals surface area contributed by atoms with E-state index < -0.39 is 6.10 Å². The Kier molecular flexibility index (Phi) is 34.1. The quantitative estimate of drug-likeness (QED) is 0.0224. The lowest BCUT2D eigenvalue weighted by molar-refractivity contribution is 0.0990. The van der Waals surface area contributed by atoms with Gasteiger partial charge in [-0.25, -0.2) is 0 Å². The summed E-state index contributed by atoms with van der Waals surface area (Å²) in [7, 11) is 14.8. The zero-order valence-corrected chi connectivity index (χ0v) is 78.0. The molecule has 0 aliphatic heterocycles. The van der Waals surface area contributed by atoms with Crippen molar-refractivity contribution < 1.29 is 72.3 Å². The van der Waals surface area contributed by atoms with Gasteiger partial charge in [-0.15, -0.1) is 0 Å². The zero-order chi connectivity index (χ0) is 94.0. The highest BCUT2D eigenvalue weighted by Gasteiger charge is 2.29. The average molecular weight is 1750 g/mol. The first-order valence-electron chi connectivity index (χ1n) is 43.2. The van der Waals surface area contributed by atoms with Crippen molar-refractivity contribution >= 4 is 51.8 Å². The molecule has 3 N–H and O–H groups in total. The molecule has 0 fully saturated rings. The summed E-state index contributed by atoms with van der Waals surface area (Å²) >= 11 is 0. The molecular formula is C116H116O15. The number of Topliss-reactive ketones (excluding diaryl/α,β-unsaturated/α-hetero) is 2. The van der Waals surface area contributed by atoms with Crippen molar-refractivity contribution in [2.24, 2.45) is 0 Å². The predicted molar refractivity (Wildman–Crippen MR) is 529 cm³/mol. The van der Waals surface area contributed by atoms with Gasteiger partial charge in [0.2, 0.25) is 0 Å². The Hall–Kier alpha value is -14.9. The van der Waals surface area contributed by atoms with Gasteiger partial charge in [0, 0.05) is 35.1 Å². The Bertz CT molecular complexity index is 6360. The minimum Gasteiger partial charge on any atom is -0.508 e. The van der Waals surface area contributed by atoms with Gasteiger partial charge in [-0.2, -0.15) is 0 Å². The predicted octanol–water partition coefficient (Wildman–Crippen LogP) is 25.4. The Balaban J connectivity index is 0.000000154. The maximum absolute atomic E-state index is 13.5. The number of phenolic OH excluding ortho intramolecular Hbond substituents is 2. The van der Waals surface area contributed by atoms with E-state index in [2.05, 4.69) is 93.6 Å². The molecule has 131 heavy (non-hydrogen) atoms. The number of aldehydes is 1. The molecule has 0 saturated carbocycles. The summed E-state index contributed by atoms with van der Waals surface area (Å²) in [6, 6.07) is 94.2. The number of methoxy groups -OCH3 is 9. The molecule has 670 valence electrons. The van der Waals surface area contributed by atoms with Crippen LogP contribution in [0.25, 0.3) is 33.9 Å². The van der Waals surface area contributed by atoms with Crippen LogP contribution in [-0.2, 0) is 25.7 Å². The van der Waals surface area contributed by atoms with E-state index in [9.17, 15) is 29.7 Å². The number of aromatic hydroxyl groups is 2. The molecule has 2 aliphatic carbocycles. The van der Waals surface area contributed by atoms with Gasteiger partial charge >= 0.3 is 0 Å². The van der Waals surface area contributed by atoms with Crippen molar-refractivity contribution in [3.05, 3.63) is 430 Å². The van der Waals surface area contributed by atoms with Crippen molar-refractivity contribution in [3.63, 3.8) is 0 Å². The molecule has 0 heterocycles. The summed E-state index contributed by atoms with van der Waals surface area (Å²) in [4.78, 5) is 36.2. The number of aryl methyl sites for hydroxylation is 9. The van der Waals surface area contributed by atoms with Crippen LogP contribution in [-0.4, -0.2) is 97.2 Å². The van der Waals surface area contributed by atoms with Gasteiger partial charge in [0.1, 0.15) is 69.5 Å². The number of hydrogen-bond donors (Lipinski definition) is 3. The molecule has 1 atom stereocenters. The highest BCUT2D eigenvalue weighted by Crippen LogP contribution is 2.47. The van der Waals surface area contributed by atoms with Crippen LogP contribution in [0, 0.1) is 62.3 Å². The Morgan fingerprint density at radius 1 is 0.336 bits per heavy atom. The van der Waals surface area contributed by atoms with Crippen LogP contribution in [0.5, 0.6) is 63.2 Å². The third kappa shape index (κ3) is 25.3. The molecule has 0 spiro atoms. The normalized spacial score (nSPS) is 11.7. The number of ether oxygens (including phenoxy) is 9. The maximum Gasteiger partial charge on any atom is 0.193 e. The van der Waals surface area contributed by atoms with Gasteiger partial charge in [0.15, 0.2) is 11.6 Å². The standard InChI is InChI=1S/C25H24O3.C25H24O2.C23H20O2.C17H20O3.C17H18O3.C9H10O2/c1-17-5-7-19(8-6-17)16-24(20-9-11-21(27-3)12-10-20)25(26)23-14-13-22(28-4)15-18(23)2;1-16-5-7-19(8-6-16)25-23(18-9-11-20(26-3)12-10-18)15-22-17(2)13-21(27-4)14-24(22)25;1-14-3-5-17(6-4-14)23-21(16-7-9-18(24)10-8-16)13-20-15(2)11-19(25)12-22(20)23;2*1-12-10-15(20-3)8-9-16(12)17(18)11-13-4-6-14(19-2)7-5-13;1-7-5-9(11-2)4-3-8(7)6-10/h5-16H,1-4H3;5-14H,15H2,1-4H3;3-12,24-25H,13H2,1-2H3;4-10,17-18H,11H2,1-3H3;4-10H,11H2,1-3H3;3-6H,1-2H3/b24-16+;;;;;.